The fourth-order valence-electron chi connectivity index (χ4n) is 4.36. The molecule has 1 N–H and O–H groups in total. The predicted octanol–water partition coefficient (Wildman–Crippen LogP) is 5.67. The molecule has 194 valence electrons. The minimum absolute atomic E-state index is 0.0683. The van der Waals surface area contributed by atoms with Gasteiger partial charge in [0, 0.05) is 53.3 Å². The van der Waals surface area contributed by atoms with Crippen molar-refractivity contribution in [1.82, 2.24) is 15.2 Å². The highest BCUT2D eigenvalue weighted by Crippen LogP contribution is 2.34. The summed E-state index contributed by atoms with van der Waals surface area (Å²) in [5.74, 6) is 0. The largest absolute Gasteiger partial charge is 0.314 e. The molecular formula is C26H33ClF2N6S. The Balaban J connectivity index is 0.00000148. The average Bonchev–Trinajstić information content (AvgIpc) is 3.36. The van der Waals surface area contributed by atoms with Crippen LogP contribution in [0, 0.1) is 0 Å². The molecule has 2 fully saturated rings. The van der Waals surface area contributed by atoms with Crippen LogP contribution < -0.4 is 9.62 Å². The highest BCUT2D eigenvalue weighted by molar-refractivity contribution is 8.01. The van der Waals surface area contributed by atoms with Gasteiger partial charge < -0.3 is 9.62 Å². The second-order valence-corrected chi connectivity index (χ2v) is 10.6. The van der Waals surface area contributed by atoms with Crippen LogP contribution >= 0.6 is 23.5 Å². The molecule has 0 spiro atoms. The van der Waals surface area contributed by atoms with Crippen molar-refractivity contribution >= 4 is 40.7 Å². The zero-order valence-corrected chi connectivity index (χ0v) is 22.3. The molecule has 4 heterocycles. The Labute approximate surface area is 221 Å². The average molecular weight is 535 g/mol. The van der Waals surface area contributed by atoms with E-state index < -0.39 is 6.43 Å². The lowest BCUT2D eigenvalue weighted by Crippen LogP contribution is -2.59. The molecular weight excluding hydrogens is 502 g/mol. The van der Waals surface area contributed by atoms with Gasteiger partial charge in [0.25, 0.3) is 6.43 Å². The molecule has 6 nitrogen and oxygen atoms in total. The number of pyridine rings is 1. The van der Waals surface area contributed by atoms with Crippen molar-refractivity contribution in [2.75, 3.05) is 30.5 Å². The standard InChI is InChI=1S/C24H27ClF2N6S.C2H6/c25-17-2-1-3-19(10-17)33(34-21-6-8-32(9-7-21)20-13-28-14-20)15-18-5-4-16(12-29-18)22-11-23(24(26)27)31-30-22;1-2/h1-5,10,12,20-21,24,28H,6-9,11,13-15H2;1-2H3. The van der Waals surface area contributed by atoms with Gasteiger partial charge in [0.15, 0.2) is 0 Å². The monoisotopic (exact) mass is 534 g/mol. The lowest BCUT2D eigenvalue weighted by molar-refractivity contribution is 0.123. The Morgan fingerprint density at radius 3 is 2.50 bits per heavy atom. The first-order valence-electron chi connectivity index (χ1n) is 12.6. The summed E-state index contributed by atoms with van der Waals surface area (Å²) in [5.41, 5.74) is 3.00. The zero-order valence-electron chi connectivity index (χ0n) is 20.7. The summed E-state index contributed by atoms with van der Waals surface area (Å²) < 4.78 is 28.0. The Kier molecular flexibility index (Phi) is 9.70. The fraction of sp³-hybridized carbons (Fsp3) is 0.500. The van der Waals surface area contributed by atoms with Crippen molar-refractivity contribution in [3.63, 3.8) is 0 Å². The number of anilines is 1. The van der Waals surface area contributed by atoms with Crippen LogP contribution in [-0.4, -0.2) is 65.2 Å². The van der Waals surface area contributed by atoms with Gasteiger partial charge in [0.05, 0.1) is 18.0 Å². The van der Waals surface area contributed by atoms with Crippen LogP contribution in [0.4, 0.5) is 14.5 Å². The van der Waals surface area contributed by atoms with Crippen molar-refractivity contribution in [2.24, 2.45) is 10.2 Å². The predicted molar refractivity (Wildman–Crippen MR) is 147 cm³/mol. The van der Waals surface area contributed by atoms with E-state index in [1.807, 2.05) is 56.1 Å². The van der Waals surface area contributed by atoms with Crippen molar-refractivity contribution < 1.29 is 8.78 Å². The van der Waals surface area contributed by atoms with E-state index in [2.05, 4.69) is 35.8 Å². The van der Waals surface area contributed by atoms with E-state index in [-0.39, 0.29) is 12.1 Å². The Hall–Kier alpha value is -2.07. The van der Waals surface area contributed by atoms with Crippen molar-refractivity contribution in [3.8, 4) is 0 Å². The van der Waals surface area contributed by atoms with Gasteiger partial charge >= 0.3 is 0 Å². The maximum atomic E-state index is 12.9. The molecule has 10 heteroatoms. The van der Waals surface area contributed by atoms with Gasteiger partial charge in [-0.3, -0.25) is 9.88 Å². The zero-order chi connectivity index (χ0) is 25.5. The summed E-state index contributed by atoms with van der Waals surface area (Å²) in [6.45, 7) is 9.09. The van der Waals surface area contributed by atoms with Gasteiger partial charge in [-0.1, -0.05) is 31.5 Å². The number of halogens is 3. The summed E-state index contributed by atoms with van der Waals surface area (Å²) in [5, 5.41) is 12.1. The first kappa shape index (κ1) is 27.0. The van der Waals surface area contributed by atoms with E-state index in [0.29, 0.717) is 28.6 Å². The van der Waals surface area contributed by atoms with Gasteiger partial charge in [-0.15, -0.1) is 0 Å². The number of rotatable bonds is 8. The van der Waals surface area contributed by atoms with Crippen LogP contribution in [0.2, 0.25) is 5.02 Å². The molecule has 0 bridgehead atoms. The molecule has 3 aliphatic heterocycles. The molecule has 0 unspecified atom stereocenters. The van der Waals surface area contributed by atoms with Crippen molar-refractivity contribution in [3.05, 3.63) is 58.9 Å². The molecule has 0 atom stereocenters. The Morgan fingerprint density at radius 2 is 1.92 bits per heavy atom. The summed E-state index contributed by atoms with van der Waals surface area (Å²) >= 11 is 8.16. The maximum Gasteiger partial charge on any atom is 0.278 e. The van der Waals surface area contributed by atoms with E-state index in [4.69, 9.17) is 11.6 Å². The summed E-state index contributed by atoms with van der Waals surface area (Å²) in [6.07, 6.45) is 1.49. The van der Waals surface area contributed by atoms with E-state index >= 15 is 0 Å². The topological polar surface area (TPSA) is 56.1 Å². The number of benzene rings is 1. The molecule has 2 aromatic rings. The van der Waals surface area contributed by atoms with Crippen LogP contribution in [0.1, 0.15) is 44.4 Å². The van der Waals surface area contributed by atoms with Crippen LogP contribution in [0.15, 0.2) is 52.8 Å². The third-order valence-corrected chi connectivity index (χ3v) is 8.09. The highest BCUT2D eigenvalue weighted by atomic mass is 35.5. The number of nitrogens with one attached hydrogen (secondary N) is 1. The summed E-state index contributed by atoms with van der Waals surface area (Å²) in [4.78, 5) is 7.21. The SMILES string of the molecule is CC.FC(F)C1=NN=C(c2ccc(CN(SC3CCN(C4CNC4)CC3)c3cccc(Cl)c3)nc2)C1. The molecule has 1 aromatic heterocycles. The van der Waals surface area contributed by atoms with Crippen LogP contribution in [0.5, 0.6) is 0 Å². The van der Waals surface area contributed by atoms with Crippen LogP contribution in [0.25, 0.3) is 0 Å². The molecule has 36 heavy (non-hydrogen) atoms. The van der Waals surface area contributed by atoms with Crippen LogP contribution in [0.3, 0.4) is 0 Å². The number of piperidine rings is 1. The van der Waals surface area contributed by atoms with Crippen molar-refractivity contribution in [2.45, 2.75) is 57.4 Å². The van der Waals surface area contributed by atoms with Crippen molar-refractivity contribution in [1.29, 1.82) is 0 Å². The van der Waals surface area contributed by atoms with Gasteiger partial charge in [-0.25, -0.2) is 8.78 Å². The van der Waals surface area contributed by atoms with E-state index in [1.165, 1.54) is 0 Å². The summed E-state index contributed by atoms with van der Waals surface area (Å²) in [6, 6.07) is 12.4. The minimum atomic E-state index is -2.57. The Morgan fingerprint density at radius 1 is 1.14 bits per heavy atom. The number of hydrogen-bond acceptors (Lipinski definition) is 7. The maximum absolute atomic E-state index is 12.9. The number of hydrogen-bond donors (Lipinski definition) is 1. The lowest BCUT2D eigenvalue weighted by atomic mass is 10.0. The summed E-state index contributed by atoms with van der Waals surface area (Å²) in [7, 11) is 0. The molecule has 5 rings (SSSR count). The quantitative estimate of drug-likeness (QED) is 0.442. The van der Waals surface area contributed by atoms with Gasteiger partial charge in [0.1, 0.15) is 5.71 Å². The van der Waals surface area contributed by atoms with Gasteiger partial charge in [-0.2, -0.15) is 10.2 Å². The second-order valence-electron chi connectivity index (χ2n) is 8.82. The third kappa shape index (κ3) is 6.82. The van der Waals surface area contributed by atoms with E-state index in [1.54, 1.807) is 6.20 Å². The van der Waals surface area contributed by atoms with E-state index in [9.17, 15) is 8.78 Å². The van der Waals surface area contributed by atoms with Gasteiger partial charge in [0.2, 0.25) is 0 Å². The first-order valence-corrected chi connectivity index (χ1v) is 13.8. The first-order chi connectivity index (χ1) is 17.5. The fourth-order valence-corrected chi connectivity index (χ4v) is 5.77. The molecule has 3 aliphatic rings. The number of likely N-dealkylation sites (tertiary alicyclic amines) is 1. The minimum Gasteiger partial charge on any atom is -0.314 e. The molecule has 0 radical (unpaired) electrons. The molecule has 1 aromatic carbocycles. The molecule has 2 saturated heterocycles. The third-order valence-electron chi connectivity index (χ3n) is 6.49. The number of alkyl halides is 2. The normalized spacial score (nSPS) is 18.8. The smallest absolute Gasteiger partial charge is 0.278 e. The number of nitrogens with zero attached hydrogens (tertiary/aromatic N) is 5. The molecule has 0 amide bonds. The highest BCUT2D eigenvalue weighted by Gasteiger charge is 2.30. The number of aromatic nitrogens is 1. The Bertz CT molecular complexity index is 1050. The lowest BCUT2D eigenvalue weighted by Gasteiger charge is -2.42. The molecule has 0 saturated carbocycles. The molecule has 0 aliphatic carbocycles. The van der Waals surface area contributed by atoms with Gasteiger partial charge in [-0.05, 0) is 68.2 Å². The van der Waals surface area contributed by atoms with Crippen LogP contribution in [-0.2, 0) is 6.54 Å². The second kappa shape index (κ2) is 12.9. The van der Waals surface area contributed by atoms with E-state index in [0.717, 1.165) is 56.0 Å².